The van der Waals surface area contributed by atoms with Crippen molar-refractivity contribution in [2.75, 3.05) is 13.1 Å². The third-order valence-corrected chi connectivity index (χ3v) is 4.22. The molecule has 2 heterocycles. The van der Waals surface area contributed by atoms with Crippen LogP contribution in [0.25, 0.3) is 0 Å². The summed E-state index contributed by atoms with van der Waals surface area (Å²) in [6.07, 6.45) is 1.87. The van der Waals surface area contributed by atoms with E-state index in [0.717, 1.165) is 42.6 Å². The Labute approximate surface area is 137 Å². The normalized spacial score (nSPS) is 17.3. The van der Waals surface area contributed by atoms with Gasteiger partial charge in [-0.15, -0.1) is 0 Å². The number of hydrogen-bond donors (Lipinski definition) is 0. The zero-order valence-corrected chi connectivity index (χ0v) is 14.1. The lowest BCUT2D eigenvalue weighted by Crippen LogP contribution is -2.33. The average Bonchev–Trinajstić information content (AvgIpc) is 3.13. The van der Waals surface area contributed by atoms with Crippen LogP contribution in [-0.2, 0) is 17.8 Å². The van der Waals surface area contributed by atoms with Crippen molar-refractivity contribution >= 4 is 12.0 Å². The van der Waals surface area contributed by atoms with Crippen LogP contribution in [0.1, 0.15) is 55.1 Å². The van der Waals surface area contributed by atoms with Crippen molar-refractivity contribution in [2.45, 2.75) is 52.3 Å². The highest BCUT2D eigenvalue weighted by Crippen LogP contribution is 2.26. The van der Waals surface area contributed by atoms with Gasteiger partial charge in [-0.3, -0.25) is 9.69 Å². The summed E-state index contributed by atoms with van der Waals surface area (Å²) < 4.78 is 5.42. The van der Waals surface area contributed by atoms with Gasteiger partial charge in [0.1, 0.15) is 5.60 Å². The Bertz CT molecular complexity index is 628. The molecule has 1 fully saturated rings. The fourth-order valence-corrected chi connectivity index (χ4v) is 3.09. The largest absolute Gasteiger partial charge is 0.444 e. The van der Waals surface area contributed by atoms with Crippen LogP contribution in [0.2, 0.25) is 0 Å². The van der Waals surface area contributed by atoms with Gasteiger partial charge in [0.25, 0.3) is 5.91 Å². The monoisotopic (exact) mass is 316 g/mol. The van der Waals surface area contributed by atoms with E-state index in [-0.39, 0.29) is 12.0 Å². The van der Waals surface area contributed by atoms with Crippen LogP contribution in [0.3, 0.4) is 0 Å². The summed E-state index contributed by atoms with van der Waals surface area (Å²) in [6.45, 7) is 8.33. The Hall–Kier alpha value is -2.04. The summed E-state index contributed by atoms with van der Waals surface area (Å²) >= 11 is 0. The molecule has 124 valence electrons. The van der Waals surface area contributed by atoms with E-state index >= 15 is 0 Å². The molecule has 0 radical (unpaired) electrons. The molecule has 0 N–H and O–H groups in total. The molecule has 0 aliphatic carbocycles. The smallest absolute Gasteiger partial charge is 0.410 e. The van der Waals surface area contributed by atoms with Crippen molar-refractivity contribution < 1.29 is 14.3 Å². The number of amides is 2. The zero-order valence-electron chi connectivity index (χ0n) is 14.1. The fourth-order valence-electron chi connectivity index (χ4n) is 3.09. The van der Waals surface area contributed by atoms with Crippen LogP contribution in [0, 0.1) is 0 Å². The van der Waals surface area contributed by atoms with Gasteiger partial charge in [-0.2, -0.15) is 0 Å². The molecule has 1 aromatic rings. The Morgan fingerprint density at radius 2 is 1.65 bits per heavy atom. The number of nitrogens with zero attached hydrogens (tertiary/aromatic N) is 2. The number of hydrogen-bond acceptors (Lipinski definition) is 3. The molecule has 0 atom stereocenters. The minimum atomic E-state index is -0.497. The quantitative estimate of drug-likeness (QED) is 0.799. The molecule has 2 aliphatic heterocycles. The molecule has 1 saturated heterocycles. The van der Waals surface area contributed by atoms with E-state index in [2.05, 4.69) is 0 Å². The maximum Gasteiger partial charge on any atom is 0.410 e. The molecule has 3 rings (SSSR count). The topological polar surface area (TPSA) is 49.9 Å². The number of carbonyl (C=O) groups excluding carboxylic acids is 2. The van der Waals surface area contributed by atoms with Crippen LogP contribution < -0.4 is 0 Å². The van der Waals surface area contributed by atoms with E-state index in [1.165, 1.54) is 0 Å². The predicted molar refractivity (Wildman–Crippen MR) is 87.1 cm³/mol. The Kier molecular flexibility index (Phi) is 4.04. The molecule has 0 saturated carbocycles. The van der Waals surface area contributed by atoms with Gasteiger partial charge in [-0.05, 0) is 56.9 Å². The summed E-state index contributed by atoms with van der Waals surface area (Å²) in [7, 11) is 0. The lowest BCUT2D eigenvalue weighted by Gasteiger charge is -2.24. The summed E-state index contributed by atoms with van der Waals surface area (Å²) in [4.78, 5) is 28.2. The number of ether oxygens (including phenoxy) is 1. The van der Waals surface area contributed by atoms with E-state index in [0.29, 0.717) is 13.1 Å². The highest BCUT2D eigenvalue weighted by atomic mass is 16.6. The molecule has 2 aliphatic rings. The van der Waals surface area contributed by atoms with Crippen molar-refractivity contribution in [1.82, 2.24) is 9.80 Å². The van der Waals surface area contributed by atoms with Gasteiger partial charge < -0.3 is 9.64 Å². The molecule has 0 unspecified atom stereocenters. The van der Waals surface area contributed by atoms with Gasteiger partial charge in [-0.1, -0.05) is 6.07 Å². The van der Waals surface area contributed by atoms with Crippen LogP contribution >= 0.6 is 0 Å². The molecule has 5 heteroatoms. The number of rotatable bonds is 1. The van der Waals surface area contributed by atoms with Crippen molar-refractivity contribution in [3.8, 4) is 0 Å². The van der Waals surface area contributed by atoms with Crippen LogP contribution in [0.5, 0.6) is 0 Å². The SMILES string of the molecule is CC(C)(C)OC(=O)N1Cc2ccc(C(=O)N3CCCC3)cc2C1. The van der Waals surface area contributed by atoms with E-state index in [9.17, 15) is 9.59 Å². The minimum absolute atomic E-state index is 0.0982. The van der Waals surface area contributed by atoms with Crippen LogP contribution in [-0.4, -0.2) is 40.5 Å². The molecule has 0 aromatic heterocycles. The molecule has 0 spiro atoms. The van der Waals surface area contributed by atoms with Crippen molar-refractivity contribution in [2.24, 2.45) is 0 Å². The van der Waals surface area contributed by atoms with Crippen LogP contribution in [0.4, 0.5) is 4.79 Å². The first-order valence-corrected chi connectivity index (χ1v) is 8.22. The molecule has 23 heavy (non-hydrogen) atoms. The summed E-state index contributed by atoms with van der Waals surface area (Å²) in [5, 5.41) is 0. The summed E-state index contributed by atoms with van der Waals surface area (Å²) in [5.41, 5.74) is 2.36. The Morgan fingerprint density at radius 1 is 1.00 bits per heavy atom. The van der Waals surface area contributed by atoms with Crippen molar-refractivity contribution in [3.05, 3.63) is 34.9 Å². The first-order valence-electron chi connectivity index (χ1n) is 8.22. The number of fused-ring (bicyclic) bond motifs is 1. The highest BCUT2D eigenvalue weighted by Gasteiger charge is 2.29. The third-order valence-electron chi connectivity index (χ3n) is 4.22. The van der Waals surface area contributed by atoms with Gasteiger partial charge in [0, 0.05) is 31.7 Å². The maximum atomic E-state index is 12.5. The lowest BCUT2D eigenvalue weighted by molar-refractivity contribution is 0.0242. The van der Waals surface area contributed by atoms with Gasteiger partial charge >= 0.3 is 6.09 Å². The predicted octanol–water partition coefficient (Wildman–Crippen LogP) is 3.17. The van der Waals surface area contributed by atoms with E-state index in [4.69, 9.17) is 4.74 Å². The molecular formula is C18H24N2O3. The first kappa shape index (κ1) is 15.8. The second-order valence-electron chi connectivity index (χ2n) is 7.32. The Balaban J connectivity index is 1.71. The second-order valence-corrected chi connectivity index (χ2v) is 7.32. The number of carbonyl (C=O) groups is 2. The average molecular weight is 316 g/mol. The molecule has 1 aromatic carbocycles. The zero-order chi connectivity index (χ0) is 16.6. The number of benzene rings is 1. The lowest BCUT2D eigenvalue weighted by atomic mass is 10.1. The van der Waals surface area contributed by atoms with Crippen molar-refractivity contribution in [1.29, 1.82) is 0 Å². The maximum absolute atomic E-state index is 12.5. The fraction of sp³-hybridized carbons (Fsp3) is 0.556. The standard InChI is InChI=1S/C18H24N2O3/c1-18(2,3)23-17(22)20-11-14-7-6-13(10-15(14)12-20)16(21)19-8-4-5-9-19/h6-7,10H,4-5,8-9,11-12H2,1-3H3. The summed E-state index contributed by atoms with van der Waals surface area (Å²) in [5.74, 6) is 0.0982. The third kappa shape index (κ3) is 3.49. The van der Waals surface area contributed by atoms with E-state index in [1.807, 2.05) is 43.9 Å². The minimum Gasteiger partial charge on any atom is -0.444 e. The van der Waals surface area contributed by atoms with Gasteiger partial charge in [0.2, 0.25) is 0 Å². The first-order chi connectivity index (χ1) is 10.8. The second kappa shape index (κ2) is 5.87. The van der Waals surface area contributed by atoms with E-state index < -0.39 is 5.60 Å². The number of likely N-dealkylation sites (tertiary alicyclic amines) is 1. The molecule has 5 nitrogen and oxygen atoms in total. The van der Waals surface area contributed by atoms with Gasteiger partial charge in [-0.25, -0.2) is 4.79 Å². The van der Waals surface area contributed by atoms with Crippen LogP contribution in [0.15, 0.2) is 18.2 Å². The van der Waals surface area contributed by atoms with Gasteiger partial charge in [0.05, 0.1) is 0 Å². The molecule has 0 bridgehead atoms. The highest BCUT2D eigenvalue weighted by molar-refractivity contribution is 5.94. The Morgan fingerprint density at radius 3 is 2.30 bits per heavy atom. The molecular weight excluding hydrogens is 292 g/mol. The molecule has 2 amide bonds. The van der Waals surface area contributed by atoms with Crippen molar-refractivity contribution in [3.63, 3.8) is 0 Å². The van der Waals surface area contributed by atoms with E-state index in [1.54, 1.807) is 4.90 Å². The summed E-state index contributed by atoms with van der Waals surface area (Å²) in [6, 6.07) is 5.77. The van der Waals surface area contributed by atoms with Gasteiger partial charge in [0.15, 0.2) is 0 Å².